The summed E-state index contributed by atoms with van der Waals surface area (Å²) in [6, 6.07) is 12.7. The van der Waals surface area contributed by atoms with Crippen LogP contribution in [0.25, 0.3) is 0 Å². The van der Waals surface area contributed by atoms with Crippen molar-refractivity contribution in [3.63, 3.8) is 0 Å². The second kappa shape index (κ2) is 14.1. The molecule has 0 aliphatic heterocycles. The number of thiophene rings is 1. The van der Waals surface area contributed by atoms with Gasteiger partial charge in [-0.3, -0.25) is 0 Å². The molecule has 29 heavy (non-hydrogen) atoms. The van der Waals surface area contributed by atoms with Crippen molar-refractivity contribution in [2.45, 2.75) is 40.3 Å². The Morgan fingerprint density at radius 1 is 1.07 bits per heavy atom. The van der Waals surface area contributed by atoms with Gasteiger partial charge in [0.05, 0.1) is 26.4 Å². The Labute approximate surface area is 179 Å². The van der Waals surface area contributed by atoms with E-state index in [0.717, 1.165) is 37.6 Å². The van der Waals surface area contributed by atoms with E-state index in [4.69, 9.17) is 14.5 Å². The number of nitrogens with one attached hydrogen (secondary N) is 2. The zero-order valence-electron chi connectivity index (χ0n) is 17.9. The SMILES string of the molecule is CCNC(=NCc1cccc(COCCOCC)c1)NCC(C)Cc1cccs1. The fourth-order valence-corrected chi connectivity index (χ4v) is 3.77. The molecule has 0 spiro atoms. The molecule has 1 aromatic heterocycles. The Bertz CT molecular complexity index is 704. The summed E-state index contributed by atoms with van der Waals surface area (Å²) in [7, 11) is 0. The van der Waals surface area contributed by atoms with Crippen LogP contribution in [-0.2, 0) is 29.0 Å². The highest BCUT2D eigenvalue weighted by Crippen LogP contribution is 2.14. The van der Waals surface area contributed by atoms with E-state index in [9.17, 15) is 0 Å². The van der Waals surface area contributed by atoms with Crippen LogP contribution >= 0.6 is 11.3 Å². The molecular weight excluding hydrogens is 382 g/mol. The highest BCUT2D eigenvalue weighted by atomic mass is 32.1. The monoisotopic (exact) mass is 417 g/mol. The molecule has 0 radical (unpaired) electrons. The lowest BCUT2D eigenvalue weighted by molar-refractivity contribution is 0.0453. The molecule has 0 bridgehead atoms. The van der Waals surface area contributed by atoms with Crippen molar-refractivity contribution < 1.29 is 9.47 Å². The fraction of sp³-hybridized carbons (Fsp3) is 0.522. The summed E-state index contributed by atoms with van der Waals surface area (Å²) >= 11 is 1.82. The molecule has 1 heterocycles. The summed E-state index contributed by atoms with van der Waals surface area (Å²) in [5.41, 5.74) is 2.34. The van der Waals surface area contributed by atoms with Gasteiger partial charge < -0.3 is 20.1 Å². The van der Waals surface area contributed by atoms with Gasteiger partial charge in [-0.2, -0.15) is 0 Å². The summed E-state index contributed by atoms with van der Waals surface area (Å²) in [5.74, 6) is 1.42. The van der Waals surface area contributed by atoms with Crippen molar-refractivity contribution in [2.24, 2.45) is 10.9 Å². The summed E-state index contributed by atoms with van der Waals surface area (Å²) in [6.45, 7) is 11.3. The zero-order valence-corrected chi connectivity index (χ0v) is 18.8. The average molecular weight is 418 g/mol. The number of guanidine groups is 1. The van der Waals surface area contributed by atoms with Crippen molar-refractivity contribution in [3.8, 4) is 0 Å². The minimum Gasteiger partial charge on any atom is -0.379 e. The number of benzene rings is 1. The predicted molar refractivity (Wildman–Crippen MR) is 123 cm³/mol. The molecule has 0 amide bonds. The molecule has 0 aliphatic carbocycles. The van der Waals surface area contributed by atoms with E-state index >= 15 is 0 Å². The lowest BCUT2D eigenvalue weighted by Crippen LogP contribution is -2.39. The van der Waals surface area contributed by atoms with Gasteiger partial charge in [0.1, 0.15) is 0 Å². The molecule has 2 rings (SSSR count). The molecule has 0 saturated carbocycles. The van der Waals surface area contributed by atoms with Crippen molar-refractivity contribution in [3.05, 3.63) is 57.8 Å². The Kier molecular flexibility index (Phi) is 11.4. The first kappa shape index (κ1) is 23.4. The van der Waals surface area contributed by atoms with Crippen LogP contribution in [-0.4, -0.2) is 38.9 Å². The molecule has 1 aromatic carbocycles. The van der Waals surface area contributed by atoms with Crippen LogP contribution in [0.4, 0.5) is 0 Å². The molecule has 1 atom stereocenters. The summed E-state index contributed by atoms with van der Waals surface area (Å²) < 4.78 is 11.0. The first-order valence-electron chi connectivity index (χ1n) is 10.5. The van der Waals surface area contributed by atoms with E-state index in [2.05, 4.69) is 66.3 Å². The Morgan fingerprint density at radius 2 is 1.90 bits per heavy atom. The van der Waals surface area contributed by atoms with Gasteiger partial charge in [0.15, 0.2) is 5.96 Å². The summed E-state index contributed by atoms with van der Waals surface area (Å²) in [5, 5.41) is 8.95. The summed E-state index contributed by atoms with van der Waals surface area (Å²) in [6.07, 6.45) is 1.09. The minimum absolute atomic E-state index is 0.551. The van der Waals surface area contributed by atoms with E-state index < -0.39 is 0 Å². The molecule has 5 nitrogen and oxygen atoms in total. The predicted octanol–water partition coefficient (Wildman–Crippen LogP) is 4.24. The average Bonchev–Trinajstić information content (AvgIpc) is 3.23. The van der Waals surface area contributed by atoms with Crippen LogP contribution in [0, 0.1) is 5.92 Å². The van der Waals surface area contributed by atoms with Gasteiger partial charge in [-0.15, -0.1) is 11.3 Å². The third-order valence-electron chi connectivity index (χ3n) is 4.35. The van der Waals surface area contributed by atoms with Crippen LogP contribution in [0.15, 0.2) is 46.8 Å². The van der Waals surface area contributed by atoms with E-state index in [1.54, 1.807) is 0 Å². The molecule has 0 fully saturated rings. The number of ether oxygens (including phenoxy) is 2. The van der Waals surface area contributed by atoms with Gasteiger partial charge >= 0.3 is 0 Å². The number of hydrogen-bond donors (Lipinski definition) is 2. The second-order valence-corrected chi connectivity index (χ2v) is 8.07. The van der Waals surface area contributed by atoms with Crippen molar-refractivity contribution in [1.82, 2.24) is 10.6 Å². The maximum atomic E-state index is 5.66. The lowest BCUT2D eigenvalue weighted by Gasteiger charge is -2.15. The molecule has 0 aliphatic rings. The molecule has 2 N–H and O–H groups in total. The van der Waals surface area contributed by atoms with E-state index in [-0.39, 0.29) is 0 Å². The molecular formula is C23H35N3O2S. The third kappa shape index (κ3) is 9.92. The fourth-order valence-electron chi connectivity index (χ4n) is 2.90. The summed E-state index contributed by atoms with van der Waals surface area (Å²) in [4.78, 5) is 6.18. The van der Waals surface area contributed by atoms with Crippen LogP contribution in [0.1, 0.15) is 36.8 Å². The van der Waals surface area contributed by atoms with Gasteiger partial charge in [-0.1, -0.05) is 37.3 Å². The Morgan fingerprint density at radius 3 is 2.66 bits per heavy atom. The molecule has 1 unspecified atom stereocenters. The quantitative estimate of drug-likeness (QED) is 0.291. The van der Waals surface area contributed by atoms with Gasteiger partial charge in [-0.05, 0) is 48.8 Å². The Balaban J connectivity index is 1.81. The van der Waals surface area contributed by atoms with Gasteiger partial charge in [0.2, 0.25) is 0 Å². The first-order valence-corrected chi connectivity index (χ1v) is 11.4. The number of nitrogens with zero attached hydrogens (tertiary/aromatic N) is 1. The van der Waals surface area contributed by atoms with Crippen LogP contribution in [0.2, 0.25) is 0 Å². The van der Waals surface area contributed by atoms with Crippen LogP contribution in [0.3, 0.4) is 0 Å². The second-order valence-electron chi connectivity index (χ2n) is 7.03. The molecule has 6 heteroatoms. The maximum absolute atomic E-state index is 5.66. The van der Waals surface area contributed by atoms with Crippen molar-refractivity contribution in [2.75, 3.05) is 32.9 Å². The smallest absolute Gasteiger partial charge is 0.191 e. The normalized spacial score (nSPS) is 12.7. The van der Waals surface area contributed by atoms with Gasteiger partial charge in [-0.25, -0.2) is 4.99 Å². The highest BCUT2D eigenvalue weighted by molar-refractivity contribution is 7.09. The number of aliphatic imine (C=N–C) groups is 1. The first-order chi connectivity index (χ1) is 14.2. The van der Waals surface area contributed by atoms with Crippen LogP contribution in [0.5, 0.6) is 0 Å². The van der Waals surface area contributed by atoms with Crippen LogP contribution < -0.4 is 10.6 Å². The van der Waals surface area contributed by atoms with Crippen molar-refractivity contribution in [1.29, 1.82) is 0 Å². The highest BCUT2D eigenvalue weighted by Gasteiger charge is 2.06. The molecule has 0 saturated heterocycles. The number of hydrogen-bond acceptors (Lipinski definition) is 4. The van der Waals surface area contributed by atoms with E-state index in [0.29, 0.717) is 32.3 Å². The topological polar surface area (TPSA) is 54.9 Å². The minimum atomic E-state index is 0.551. The molecule has 160 valence electrons. The maximum Gasteiger partial charge on any atom is 0.191 e. The standard InChI is InChI=1S/C23H35N3O2S/c1-4-24-23(25-16-19(3)14-22-10-7-13-29-22)26-17-20-8-6-9-21(15-20)18-28-12-11-27-5-2/h6-10,13,15,19H,4-5,11-12,14,16-18H2,1-3H3,(H2,24,25,26). The van der Waals surface area contributed by atoms with E-state index in [1.807, 2.05) is 18.3 Å². The third-order valence-corrected chi connectivity index (χ3v) is 5.25. The Hall–Kier alpha value is -1.89. The number of rotatable bonds is 13. The zero-order chi connectivity index (χ0) is 20.7. The lowest BCUT2D eigenvalue weighted by atomic mass is 10.1. The van der Waals surface area contributed by atoms with Gasteiger partial charge in [0.25, 0.3) is 0 Å². The largest absolute Gasteiger partial charge is 0.379 e. The molecule has 2 aromatic rings. The van der Waals surface area contributed by atoms with E-state index in [1.165, 1.54) is 10.4 Å². The van der Waals surface area contributed by atoms with Gasteiger partial charge in [0, 0.05) is 24.6 Å². The van der Waals surface area contributed by atoms with Crippen molar-refractivity contribution >= 4 is 17.3 Å².